The molecule has 1 saturated heterocycles. The number of rotatable bonds is 17. The zero-order chi connectivity index (χ0) is 31.3. The van der Waals surface area contributed by atoms with Gasteiger partial charge in [0.05, 0.1) is 64.8 Å². The Morgan fingerprint density at radius 3 is 1.17 bits per heavy atom. The van der Waals surface area contributed by atoms with Crippen molar-refractivity contribution in [3.63, 3.8) is 0 Å². The van der Waals surface area contributed by atoms with Crippen LogP contribution >= 0.6 is 0 Å². The van der Waals surface area contributed by atoms with Crippen LogP contribution in [0.5, 0.6) is 0 Å². The molecule has 1 heterocycles. The van der Waals surface area contributed by atoms with Gasteiger partial charge in [-0.25, -0.2) is 0 Å². The average Bonchev–Trinajstić information content (AvgIpc) is 2.72. The third-order valence-corrected chi connectivity index (χ3v) is 5.29. The lowest BCUT2D eigenvalue weighted by Crippen LogP contribution is -2.63. The first-order valence-corrected chi connectivity index (χ1v) is 14.2. The lowest BCUT2D eigenvalue weighted by molar-refractivity contribution is -0.157. The van der Waals surface area contributed by atoms with Crippen molar-refractivity contribution in [1.82, 2.24) is 10.6 Å². The van der Waals surface area contributed by atoms with E-state index < -0.39 is 40.2 Å². The van der Waals surface area contributed by atoms with E-state index in [2.05, 4.69) is 10.6 Å². The summed E-state index contributed by atoms with van der Waals surface area (Å²) in [6, 6.07) is 0. The second-order valence-corrected chi connectivity index (χ2v) is 13.3. The summed E-state index contributed by atoms with van der Waals surface area (Å²) in [4.78, 5) is 49.4. The number of nitrogens with one attached hydrogen (secondary N) is 2. The van der Waals surface area contributed by atoms with Crippen LogP contribution in [0.3, 0.4) is 0 Å². The fraction of sp³-hybridized carbons (Fsp3) is 0.862. The number of carbonyl (C=O) groups is 4. The van der Waals surface area contributed by atoms with Gasteiger partial charge in [0.2, 0.25) is 5.91 Å². The van der Waals surface area contributed by atoms with Crippen molar-refractivity contribution < 1.29 is 47.6 Å². The van der Waals surface area contributed by atoms with E-state index in [4.69, 9.17) is 28.4 Å². The van der Waals surface area contributed by atoms with Crippen LogP contribution < -0.4 is 10.6 Å². The summed E-state index contributed by atoms with van der Waals surface area (Å²) >= 11 is 0. The van der Waals surface area contributed by atoms with Crippen LogP contribution in [-0.4, -0.2) is 98.9 Å². The minimum atomic E-state index is -1.15. The van der Waals surface area contributed by atoms with Gasteiger partial charge in [-0.3, -0.25) is 19.2 Å². The van der Waals surface area contributed by atoms with E-state index in [0.29, 0.717) is 13.1 Å². The number of hydrogen-bond acceptors (Lipinski definition) is 11. The number of esters is 3. The van der Waals surface area contributed by atoms with Gasteiger partial charge in [0.1, 0.15) is 22.3 Å². The molecule has 0 aromatic rings. The number of carbonyl (C=O) groups excluding carboxylic acids is 4. The molecule has 0 bridgehead atoms. The third-order valence-electron chi connectivity index (χ3n) is 5.29. The van der Waals surface area contributed by atoms with Crippen LogP contribution in [0, 0.1) is 5.92 Å². The van der Waals surface area contributed by atoms with Crippen molar-refractivity contribution >= 4 is 23.8 Å². The lowest BCUT2D eigenvalue weighted by Gasteiger charge is -2.37. The summed E-state index contributed by atoms with van der Waals surface area (Å²) in [5, 5.41) is 6.08. The van der Waals surface area contributed by atoms with Crippen molar-refractivity contribution in [3.05, 3.63) is 0 Å². The van der Waals surface area contributed by atoms with E-state index >= 15 is 0 Å². The quantitative estimate of drug-likeness (QED) is 0.147. The Bertz CT molecular complexity index is 763. The maximum Gasteiger partial charge on any atom is 0.308 e. The minimum Gasteiger partial charge on any atom is -0.460 e. The first kappa shape index (κ1) is 36.7. The molecule has 1 aliphatic heterocycles. The molecule has 0 aliphatic carbocycles. The Balaban J connectivity index is 2.89. The molecule has 1 amide bonds. The summed E-state index contributed by atoms with van der Waals surface area (Å²) in [6.07, 6.45) is 0.0620. The first-order valence-electron chi connectivity index (χ1n) is 14.2. The van der Waals surface area contributed by atoms with Gasteiger partial charge < -0.3 is 39.1 Å². The highest BCUT2D eigenvalue weighted by Gasteiger charge is 2.37. The predicted octanol–water partition coefficient (Wildman–Crippen LogP) is 2.31. The van der Waals surface area contributed by atoms with Crippen molar-refractivity contribution in [1.29, 1.82) is 0 Å². The van der Waals surface area contributed by atoms with Crippen molar-refractivity contribution in [2.24, 2.45) is 5.92 Å². The van der Waals surface area contributed by atoms with Gasteiger partial charge >= 0.3 is 17.9 Å². The summed E-state index contributed by atoms with van der Waals surface area (Å²) in [6.45, 7) is 17.2. The van der Waals surface area contributed by atoms with Crippen LogP contribution in [0.4, 0.5) is 0 Å². The molecule has 0 saturated carbocycles. The van der Waals surface area contributed by atoms with E-state index in [1.54, 1.807) is 62.3 Å². The van der Waals surface area contributed by atoms with Crippen molar-refractivity contribution in [2.75, 3.05) is 52.7 Å². The second-order valence-electron chi connectivity index (χ2n) is 13.3. The molecule has 238 valence electrons. The normalized spacial score (nSPS) is 14.7. The third kappa shape index (κ3) is 18.0. The second kappa shape index (κ2) is 16.4. The molecule has 1 aliphatic rings. The fourth-order valence-corrected chi connectivity index (χ4v) is 3.52. The molecule has 0 aromatic heterocycles. The molecule has 2 N–H and O–H groups in total. The molecule has 1 rings (SSSR count). The molecular weight excluding hydrogens is 536 g/mol. The Morgan fingerprint density at radius 1 is 0.610 bits per heavy atom. The smallest absolute Gasteiger partial charge is 0.308 e. The summed E-state index contributed by atoms with van der Waals surface area (Å²) < 4.78 is 33.5. The Labute approximate surface area is 244 Å². The Hall–Kier alpha value is -2.28. The van der Waals surface area contributed by atoms with Crippen molar-refractivity contribution in [3.8, 4) is 0 Å². The number of ether oxygens (including phenoxy) is 6. The number of hydrogen-bond donors (Lipinski definition) is 2. The highest BCUT2D eigenvalue weighted by atomic mass is 16.6. The largest absolute Gasteiger partial charge is 0.460 e. The van der Waals surface area contributed by atoms with E-state index in [9.17, 15) is 19.2 Å². The Kier molecular flexibility index (Phi) is 14.7. The molecule has 0 aromatic carbocycles. The van der Waals surface area contributed by atoms with Crippen molar-refractivity contribution in [2.45, 2.75) is 104 Å². The van der Waals surface area contributed by atoms with Crippen LogP contribution in [0.1, 0.15) is 81.6 Å². The lowest BCUT2D eigenvalue weighted by atomic mass is 9.97. The highest BCUT2D eigenvalue weighted by molar-refractivity contribution is 5.81. The highest BCUT2D eigenvalue weighted by Crippen LogP contribution is 2.15. The van der Waals surface area contributed by atoms with Gasteiger partial charge in [0, 0.05) is 13.1 Å². The van der Waals surface area contributed by atoms with Gasteiger partial charge in [0.25, 0.3) is 0 Å². The van der Waals surface area contributed by atoms with Gasteiger partial charge in [-0.15, -0.1) is 0 Å². The standard InChI is InChI=1S/C29H52N2O10/c1-26(2,3)39-22(32)10-13-36-18-29(31-25(35)21-16-30-17-21,19-37-14-11-23(33)40-27(4,5)6)20-38-15-12-24(34)41-28(7,8)9/h21,30H,10-20H2,1-9H3,(H,31,35). The topological polar surface area (TPSA) is 148 Å². The zero-order valence-electron chi connectivity index (χ0n) is 26.4. The fourth-order valence-electron chi connectivity index (χ4n) is 3.52. The van der Waals surface area contributed by atoms with E-state index in [0.717, 1.165) is 0 Å². The molecule has 0 unspecified atom stereocenters. The predicted molar refractivity (Wildman–Crippen MR) is 151 cm³/mol. The monoisotopic (exact) mass is 588 g/mol. The maximum atomic E-state index is 13.0. The van der Waals surface area contributed by atoms with Crippen LogP contribution in [-0.2, 0) is 47.6 Å². The molecule has 41 heavy (non-hydrogen) atoms. The summed E-state index contributed by atoms with van der Waals surface area (Å²) in [5.74, 6) is -1.65. The van der Waals surface area contributed by atoms with Gasteiger partial charge in [-0.1, -0.05) is 0 Å². The molecule has 12 heteroatoms. The van der Waals surface area contributed by atoms with E-state index in [1.165, 1.54) is 0 Å². The molecule has 12 nitrogen and oxygen atoms in total. The minimum absolute atomic E-state index is 0.0207. The molecular formula is C29H52N2O10. The van der Waals surface area contributed by atoms with Gasteiger partial charge in [-0.2, -0.15) is 0 Å². The molecule has 0 spiro atoms. The van der Waals surface area contributed by atoms with Gasteiger partial charge in [0.15, 0.2) is 0 Å². The molecule has 1 fully saturated rings. The van der Waals surface area contributed by atoms with Crippen LogP contribution in [0.2, 0.25) is 0 Å². The van der Waals surface area contributed by atoms with Crippen LogP contribution in [0.15, 0.2) is 0 Å². The van der Waals surface area contributed by atoms with E-state index in [1.807, 2.05) is 0 Å². The zero-order valence-corrected chi connectivity index (χ0v) is 26.4. The van der Waals surface area contributed by atoms with Gasteiger partial charge in [-0.05, 0) is 62.3 Å². The summed E-state index contributed by atoms with van der Waals surface area (Å²) in [7, 11) is 0. The van der Waals surface area contributed by atoms with E-state index in [-0.39, 0.29) is 70.7 Å². The van der Waals surface area contributed by atoms with Crippen LogP contribution in [0.25, 0.3) is 0 Å². The maximum absolute atomic E-state index is 13.0. The molecule has 0 radical (unpaired) electrons. The average molecular weight is 589 g/mol. The Morgan fingerprint density at radius 2 is 0.927 bits per heavy atom. The molecule has 0 atom stereocenters. The summed E-state index contributed by atoms with van der Waals surface area (Å²) in [5.41, 5.74) is -3.00. The number of amides is 1. The SMILES string of the molecule is CC(C)(C)OC(=O)CCOCC(COCCC(=O)OC(C)(C)C)(COCCC(=O)OC(C)(C)C)NC(=O)C1CNC1. The first-order chi connectivity index (χ1) is 18.8.